The number of guanidine groups is 1. The van der Waals surface area contributed by atoms with E-state index in [4.69, 9.17) is 4.74 Å². The number of phenols is 1. The fourth-order valence-electron chi connectivity index (χ4n) is 2.99. The summed E-state index contributed by atoms with van der Waals surface area (Å²) in [7, 11) is 0. The van der Waals surface area contributed by atoms with Crippen molar-refractivity contribution in [3.63, 3.8) is 0 Å². The summed E-state index contributed by atoms with van der Waals surface area (Å²) in [4.78, 5) is 30.1. The topological polar surface area (TPSA) is 115 Å². The molecule has 0 radical (unpaired) electrons. The molecule has 0 saturated carbocycles. The molecule has 1 heterocycles. The van der Waals surface area contributed by atoms with E-state index in [0.717, 1.165) is 19.4 Å². The highest BCUT2D eigenvalue weighted by Gasteiger charge is 2.24. The van der Waals surface area contributed by atoms with E-state index in [1.165, 1.54) is 12.1 Å². The van der Waals surface area contributed by atoms with Crippen molar-refractivity contribution in [2.75, 3.05) is 39.3 Å². The van der Waals surface area contributed by atoms with Crippen LogP contribution in [0.15, 0.2) is 29.3 Å². The second kappa shape index (κ2) is 13.9. The zero-order valence-electron chi connectivity index (χ0n) is 17.5. The molecule has 0 unspecified atom stereocenters. The summed E-state index contributed by atoms with van der Waals surface area (Å²) in [6.45, 7) is 7.05. The van der Waals surface area contributed by atoms with Crippen LogP contribution >= 0.6 is 24.0 Å². The van der Waals surface area contributed by atoms with Gasteiger partial charge >= 0.3 is 6.09 Å². The van der Waals surface area contributed by atoms with Crippen LogP contribution in [-0.4, -0.2) is 73.3 Å². The molecule has 2 amide bonds. The number of aromatic hydroxyl groups is 1. The lowest BCUT2D eigenvalue weighted by Gasteiger charge is -2.32. The van der Waals surface area contributed by atoms with E-state index in [1.54, 1.807) is 24.0 Å². The van der Waals surface area contributed by atoms with E-state index in [2.05, 4.69) is 20.9 Å². The van der Waals surface area contributed by atoms with Gasteiger partial charge in [0.05, 0.1) is 13.2 Å². The van der Waals surface area contributed by atoms with Crippen molar-refractivity contribution in [1.82, 2.24) is 20.9 Å². The highest BCUT2D eigenvalue weighted by molar-refractivity contribution is 14.0. The molecule has 168 valence electrons. The van der Waals surface area contributed by atoms with Gasteiger partial charge in [0.2, 0.25) is 0 Å². The molecule has 0 atom stereocenters. The first-order chi connectivity index (χ1) is 14.0. The Bertz CT molecular complexity index is 691. The summed E-state index contributed by atoms with van der Waals surface area (Å²) in [6.07, 6.45) is 1.39. The minimum Gasteiger partial charge on any atom is -0.508 e. The second-order valence-electron chi connectivity index (χ2n) is 6.67. The molecule has 9 nitrogen and oxygen atoms in total. The molecular weight excluding hydrogens is 501 g/mol. The molecule has 1 saturated heterocycles. The van der Waals surface area contributed by atoms with Gasteiger partial charge in [-0.25, -0.2) is 4.79 Å². The fraction of sp³-hybridized carbons (Fsp3) is 0.550. The molecule has 10 heteroatoms. The van der Waals surface area contributed by atoms with Crippen molar-refractivity contribution in [2.24, 2.45) is 4.99 Å². The summed E-state index contributed by atoms with van der Waals surface area (Å²) in [6, 6.07) is 6.33. The lowest BCUT2D eigenvalue weighted by atomic mass is 10.1. The smallest absolute Gasteiger partial charge is 0.409 e. The third kappa shape index (κ3) is 8.64. The Hall–Kier alpha value is -2.24. The normalized spacial score (nSPS) is 14.5. The Morgan fingerprint density at radius 1 is 1.17 bits per heavy atom. The Kier molecular flexibility index (Phi) is 11.9. The van der Waals surface area contributed by atoms with E-state index in [-0.39, 0.29) is 47.8 Å². The predicted molar refractivity (Wildman–Crippen MR) is 127 cm³/mol. The number of nitrogens with zero attached hydrogens (tertiary/aromatic N) is 2. The number of phenolic OH excluding ortho intramolecular Hbond substituents is 1. The standard InChI is InChI=1S/C20H31N5O4.HI/c1-3-21-19(24-16-9-13-25(14-10-16)20(28)29-4-2)23-12-11-22-18(27)15-5-7-17(26)8-6-15;/h5-8,16,26H,3-4,9-14H2,1-2H3,(H,22,27)(H2,21,23,24);1H. The molecule has 1 aromatic carbocycles. The van der Waals surface area contributed by atoms with Crippen LogP contribution in [0.2, 0.25) is 0 Å². The van der Waals surface area contributed by atoms with Crippen LogP contribution in [0, 0.1) is 0 Å². The minimum atomic E-state index is -0.254. The van der Waals surface area contributed by atoms with Crippen molar-refractivity contribution >= 4 is 41.9 Å². The van der Waals surface area contributed by atoms with E-state index in [0.29, 0.717) is 44.3 Å². The van der Waals surface area contributed by atoms with Gasteiger partial charge in [-0.3, -0.25) is 9.79 Å². The number of piperidine rings is 1. The molecule has 30 heavy (non-hydrogen) atoms. The number of carbonyl (C=O) groups excluding carboxylic acids is 2. The maximum Gasteiger partial charge on any atom is 0.409 e. The number of ether oxygens (including phenoxy) is 1. The van der Waals surface area contributed by atoms with Gasteiger partial charge < -0.3 is 30.7 Å². The van der Waals surface area contributed by atoms with Gasteiger partial charge in [0, 0.05) is 37.8 Å². The first-order valence-corrected chi connectivity index (χ1v) is 10.1. The number of rotatable bonds is 7. The second-order valence-corrected chi connectivity index (χ2v) is 6.67. The third-order valence-electron chi connectivity index (χ3n) is 4.50. The van der Waals surface area contributed by atoms with E-state index in [9.17, 15) is 14.7 Å². The minimum absolute atomic E-state index is 0. The summed E-state index contributed by atoms with van der Waals surface area (Å²) < 4.78 is 5.04. The molecule has 1 aliphatic rings. The molecule has 1 fully saturated rings. The van der Waals surface area contributed by atoms with Gasteiger partial charge in [-0.15, -0.1) is 24.0 Å². The van der Waals surface area contributed by atoms with E-state index < -0.39 is 0 Å². The Labute approximate surface area is 194 Å². The highest BCUT2D eigenvalue weighted by Crippen LogP contribution is 2.11. The number of likely N-dealkylation sites (tertiary alicyclic amines) is 1. The maximum atomic E-state index is 12.1. The predicted octanol–water partition coefficient (Wildman–Crippen LogP) is 1.92. The molecule has 1 aliphatic heterocycles. The average Bonchev–Trinajstić information content (AvgIpc) is 2.72. The molecule has 1 aromatic rings. The number of amides is 2. The van der Waals surface area contributed by atoms with Gasteiger partial charge in [0.25, 0.3) is 5.91 Å². The van der Waals surface area contributed by atoms with Gasteiger partial charge in [0.1, 0.15) is 5.75 Å². The van der Waals surface area contributed by atoms with Crippen molar-refractivity contribution in [3.05, 3.63) is 29.8 Å². The van der Waals surface area contributed by atoms with Gasteiger partial charge in [-0.2, -0.15) is 0 Å². The number of halogens is 1. The van der Waals surface area contributed by atoms with Crippen molar-refractivity contribution in [2.45, 2.75) is 32.7 Å². The van der Waals surface area contributed by atoms with E-state index in [1.807, 2.05) is 6.92 Å². The largest absolute Gasteiger partial charge is 0.508 e. The summed E-state index contributed by atoms with van der Waals surface area (Å²) in [5.41, 5.74) is 0.491. The molecule has 4 N–H and O–H groups in total. The monoisotopic (exact) mass is 533 g/mol. The summed E-state index contributed by atoms with van der Waals surface area (Å²) >= 11 is 0. The van der Waals surface area contributed by atoms with Crippen LogP contribution in [0.1, 0.15) is 37.0 Å². The molecule has 0 bridgehead atoms. The molecule has 0 aromatic heterocycles. The first kappa shape index (κ1) is 25.8. The van der Waals surface area contributed by atoms with Crippen LogP contribution in [0.5, 0.6) is 5.75 Å². The molecule has 0 aliphatic carbocycles. The van der Waals surface area contributed by atoms with Crippen LogP contribution in [-0.2, 0) is 4.74 Å². The quantitative estimate of drug-likeness (QED) is 0.184. The Morgan fingerprint density at radius 2 is 1.83 bits per heavy atom. The lowest BCUT2D eigenvalue weighted by Crippen LogP contribution is -2.50. The van der Waals surface area contributed by atoms with Crippen molar-refractivity contribution < 1.29 is 19.4 Å². The molecule has 2 rings (SSSR count). The van der Waals surface area contributed by atoms with Crippen LogP contribution in [0.4, 0.5) is 4.79 Å². The Morgan fingerprint density at radius 3 is 2.43 bits per heavy atom. The van der Waals surface area contributed by atoms with Crippen LogP contribution in [0.25, 0.3) is 0 Å². The van der Waals surface area contributed by atoms with Crippen LogP contribution < -0.4 is 16.0 Å². The van der Waals surface area contributed by atoms with Crippen molar-refractivity contribution in [1.29, 1.82) is 0 Å². The average molecular weight is 533 g/mol. The lowest BCUT2D eigenvalue weighted by molar-refractivity contribution is 0.0948. The van der Waals surface area contributed by atoms with Gasteiger partial charge in [-0.05, 0) is 51.0 Å². The van der Waals surface area contributed by atoms with E-state index >= 15 is 0 Å². The highest BCUT2D eigenvalue weighted by atomic mass is 127. The number of benzene rings is 1. The van der Waals surface area contributed by atoms with Gasteiger partial charge in [0.15, 0.2) is 5.96 Å². The number of hydrogen-bond acceptors (Lipinski definition) is 5. The molecular formula is C20H32IN5O4. The van der Waals surface area contributed by atoms with Crippen molar-refractivity contribution in [3.8, 4) is 5.75 Å². The maximum absolute atomic E-state index is 12.1. The number of nitrogens with one attached hydrogen (secondary N) is 3. The SMILES string of the molecule is CCNC(=NCCNC(=O)c1ccc(O)cc1)NC1CCN(C(=O)OCC)CC1.I. The number of carbonyl (C=O) groups is 2. The van der Waals surface area contributed by atoms with Gasteiger partial charge in [-0.1, -0.05) is 0 Å². The number of hydrogen-bond donors (Lipinski definition) is 4. The zero-order valence-corrected chi connectivity index (χ0v) is 19.8. The summed E-state index contributed by atoms with van der Waals surface area (Å²) in [5.74, 6) is 0.617. The number of aliphatic imine (C=N–C) groups is 1. The summed E-state index contributed by atoms with van der Waals surface area (Å²) in [5, 5.41) is 18.7. The van der Waals surface area contributed by atoms with Crippen LogP contribution in [0.3, 0.4) is 0 Å². The first-order valence-electron chi connectivity index (χ1n) is 10.1. The molecule has 0 spiro atoms. The zero-order chi connectivity index (χ0) is 21.1. The Balaban J connectivity index is 0.00000450. The fourth-order valence-corrected chi connectivity index (χ4v) is 2.99. The third-order valence-corrected chi connectivity index (χ3v) is 4.50.